The smallest absolute Gasteiger partial charge is 0.406 e. The number of carbonyl (C=O) groups excluding carboxylic acids is 1. The first kappa shape index (κ1) is 19.2. The predicted octanol–water partition coefficient (Wildman–Crippen LogP) is 5.08. The molecule has 3 heterocycles. The maximum absolute atomic E-state index is 13.0. The molecule has 4 rings (SSSR count). The average molecular weight is 428 g/mol. The minimum atomic E-state index is -4.76. The summed E-state index contributed by atoms with van der Waals surface area (Å²) in [5, 5.41) is 2.24. The summed E-state index contributed by atoms with van der Waals surface area (Å²) in [4.78, 5) is 19.6. The van der Waals surface area contributed by atoms with Crippen LogP contribution in [0.2, 0.25) is 0 Å². The van der Waals surface area contributed by atoms with E-state index in [0.29, 0.717) is 33.4 Å². The number of rotatable bonds is 5. The number of alkyl halides is 3. The molecule has 0 bridgehead atoms. The summed E-state index contributed by atoms with van der Waals surface area (Å²) in [6.45, 7) is 1.01. The van der Waals surface area contributed by atoms with Gasteiger partial charge in [0.25, 0.3) is 5.91 Å². The zero-order valence-corrected chi connectivity index (χ0v) is 16.1. The van der Waals surface area contributed by atoms with Crippen LogP contribution in [0, 0.1) is 0 Å². The fraction of sp³-hybridized carbons (Fsp3) is 0.333. The Morgan fingerprint density at radius 1 is 1.36 bits per heavy atom. The molecule has 0 unspecified atom stereocenters. The Bertz CT molecular complexity index is 966. The summed E-state index contributed by atoms with van der Waals surface area (Å²) in [6, 6.07) is 7.48. The SMILES string of the molecule is O=C(c1cccs1)N(C[C@H]1CCCO1)c1nc2ccc(OC(F)(F)F)cc2s1. The predicted molar refractivity (Wildman–Crippen MR) is 101 cm³/mol. The molecule has 10 heteroatoms. The number of amides is 1. The Labute approximate surface area is 166 Å². The number of anilines is 1. The van der Waals surface area contributed by atoms with Crippen molar-refractivity contribution in [1.82, 2.24) is 4.98 Å². The number of benzene rings is 1. The van der Waals surface area contributed by atoms with Crippen molar-refractivity contribution in [3.8, 4) is 5.75 Å². The molecular weight excluding hydrogens is 413 g/mol. The fourth-order valence-electron chi connectivity index (χ4n) is 2.98. The molecule has 0 radical (unpaired) electrons. The molecule has 1 fully saturated rings. The van der Waals surface area contributed by atoms with Crippen molar-refractivity contribution in [2.75, 3.05) is 18.1 Å². The van der Waals surface area contributed by atoms with E-state index in [2.05, 4.69) is 9.72 Å². The van der Waals surface area contributed by atoms with Gasteiger partial charge in [-0.15, -0.1) is 24.5 Å². The van der Waals surface area contributed by atoms with E-state index in [9.17, 15) is 18.0 Å². The maximum atomic E-state index is 13.0. The molecule has 28 heavy (non-hydrogen) atoms. The second-order valence-corrected chi connectivity index (χ2v) is 8.16. The highest BCUT2D eigenvalue weighted by Crippen LogP contribution is 2.34. The van der Waals surface area contributed by atoms with Crippen molar-refractivity contribution >= 4 is 43.9 Å². The molecule has 0 saturated carbocycles. The zero-order chi connectivity index (χ0) is 19.7. The van der Waals surface area contributed by atoms with Crippen molar-refractivity contribution in [2.24, 2.45) is 0 Å². The zero-order valence-electron chi connectivity index (χ0n) is 14.4. The number of halogens is 3. The Balaban J connectivity index is 1.66. The number of thiazole rings is 1. The van der Waals surface area contributed by atoms with Crippen LogP contribution in [0.3, 0.4) is 0 Å². The molecule has 0 spiro atoms. The van der Waals surface area contributed by atoms with Crippen molar-refractivity contribution < 1.29 is 27.4 Å². The lowest BCUT2D eigenvalue weighted by Gasteiger charge is -2.22. The first-order chi connectivity index (χ1) is 13.4. The number of hydrogen-bond donors (Lipinski definition) is 0. The van der Waals surface area contributed by atoms with E-state index in [1.807, 2.05) is 5.38 Å². The Hall–Kier alpha value is -2.17. The Morgan fingerprint density at radius 2 is 2.21 bits per heavy atom. The molecule has 3 aromatic rings. The van der Waals surface area contributed by atoms with E-state index in [1.54, 1.807) is 17.0 Å². The van der Waals surface area contributed by atoms with Crippen molar-refractivity contribution in [3.63, 3.8) is 0 Å². The van der Waals surface area contributed by atoms with Crippen LogP contribution in [0.1, 0.15) is 22.5 Å². The highest BCUT2D eigenvalue weighted by molar-refractivity contribution is 7.22. The van der Waals surface area contributed by atoms with Gasteiger partial charge in [0, 0.05) is 12.7 Å². The molecule has 148 valence electrons. The highest BCUT2D eigenvalue weighted by Gasteiger charge is 2.31. The molecule has 1 aliphatic heterocycles. The molecule has 2 aromatic heterocycles. The van der Waals surface area contributed by atoms with Crippen LogP contribution in [0.4, 0.5) is 18.3 Å². The van der Waals surface area contributed by atoms with Gasteiger partial charge in [-0.2, -0.15) is 0 Å². The lowest BCUT2D eigenvalue weighted by atomic mass is 10.2. The highest BCUT2D eigenvalue weighted by atomic mass is 32.1. The van der Waals surface area contributed by atoms with E-state index in [0.717, 1.165) is 24.2 Å². The van der Waals surface area contributed by atoms with Crippen LogP contribution >= 0.6 is 22.7 Å². The minimum absolute atomic E-state index is 0.0833. The van der Waals surface area contributed by atoms with Gasteiger partial charge in [0.2, 0.25) is 0 Å². The largest absolute Gasteiger partial charge is 0.573 e. The number of carbonyl (C=O) groups is 1. The number of hydrogen-bond acceptors (Lipinski definition) is 6. The summed E-state index contributed by atoms with van der Waals surface area (Å²) in [7, 11) is 0. The number of fused-ring (bicyclic) bond motifs is 1. The first-order valence-corrected chi connectivity index (χ1v) is 10.2. The quantitative estimate of drug-likeness (QED) is 0.569. The van der Waals surface area contributed by atoms with Crippen LogP contribution in [-0.2, 0) is 4.74 Å². The van der Waals surface area contributed by atoms with Crippen molar-refractivity contribution in [3.05, 3.63) is 40.6 Å². The monoisotopic (exact) mass is 428 g/mol. The van der Waals surface area contributed by atoms with E-state index >= 15 is 0 Å². The number of thiophene rings is 1. The van der Waals surface area contributed by atoms with Crippen molar-refractivity contribution in [2.45, 2.75) is 25.3 Å². The van der Waals surface area contributed by atoms with E-state index in [4.69, 9.17) is 4.74 Å². The lowest BCUT2D eigenvalue weighted by Crippen LogP contribution is -2.37. The molecule has 1 amide bonds. The third-order valence-corrected chi connectivity index (χ3v) is 6.10. The second-order valence-electron chi connectivity index (χ2n) is 6.20. The maximum Gasteiger partial charge on any atom is 0.573 e. The Kier molecular flexibility index (Phi) is 5.26. The summed E-state index contributed by atoms with van der Waals surface area (Å²) >= 11 is 2.48. The van der Waals surface area contributed by atoms with Crippen LogP contribution in [0.5, 0.6) is 5.75 Å². The lowest BCUT2D eigenvalue weighted by molar-refractivity contribution is -0.274. The minimum Gasteiger partial charge on any atom is -0.406 e. The Morgan fingerprint density at radius 3 is 2.89 bits per heavy atom. The van der Waals surface area contributed by atoms with Gasteiger partial charge < -0.3 is 9.47 Å². The van der Waals surface area contributed by atoms with E-state index < -0.39 is 6.36 Å². The fourth-order valence-corrected chi connectivity index (χ4v) is 4.65. The van der Waals surface area contributed by atoms with Crippen molar-refractivity contribution in [1.29, 1.82) is 0 Å². The first-order valence-electron chi connectivity index (χ1n) is 8.52. The van der Waals surface area contributed by atoms with Gasteiger partial charge in [0.05, 0.1) is 27.7 Å². The number of nitrogens with zero attached hydrogens (tertiary/aromatic N) is 2. The number of aromatic nitrogens is 1. The molecule has 1 aliphatic rings. The van der Waals surface area contributed by atoms with Crippen LogP contribution < -0.4 is 9.64 Å². The standard InChI is InChI=1S/C18H15F3N2O3S2/c19-18(20,21)26-11-5-6-13-15(9-11)28-17(22-13)23(10-12-3-1-7-25-12)16(24)14-4-2-8-27-14/h2,4-6,8-9,12H,1,3,7,10H2/t12-/m1/s1. The van der Waals surface area contributed by atoms with Crippen LogP contribution in [0.25, 0.3) is 10.2 Å². The summed E-state index contributed by atoms with van der Waals surface area (Å²) in [6.07, 6.45) is -3.06. The summed E-state index contributed by atoms with van der Waals surface area (Å²) in [5.41, 5.74) is 0.505. The van der Waals surface area contributed by atoms with Gasteiger partial charge in [0.15, 0.2) is 5.13 Å². The van der Waals surface area contributed by atoms with Crippen LogP contribution in [-0.4, -0.2) is 36.5 Å². The molecule has 1 atom stereocenters. The normalized spacial score (nSPS) is 17.2. The van der Waals surface area contributed by atoms with Gasteiger partial charge in [0.1, 0.15) is 5.75 Å². The average Bonchev–Trinajstić information content (AvgIpc) is 3.37. The van der Waals surface area contributed by atoms with E-state index in [-0.39, 0.29) is 17.8 Å². The molecule has 5 nitrogen and oxygen atoms in total. The summed E-state index contributed by atoms with van der Waals surface area (Å²) < 4.78 is 47.5. The number of ether oxygens (including phenoxy) is 2. The van der Waals surface area contributed by atoms with Gasteiger partial charge in [-0.1, -0.05) is 17.4 Å². The van der Waals surface area contributed by atoms with E-state index in [1.165, 1.54) is 29.5 Å². The topological polar surface area (TPSA) is 51.7 Å². The third-order valence-electron chi connectivity index (χ3n) is 4.20. The third kappa shape index (κ3) is 4.29. The molecule has 0 aliphatic carbocycles. The molecule has 1 aromatic carbocycles. The molecule has 1 saturated heterocycles. The van der Waals surface area contributed by atoms with Gasteiger partial charge in [-0.25, -0.2) is 4.98 Å². The summed E-state index contributed by atoms with van der Waals surface area (Å²) in [5.74, 6) is -0.512. The van der Waals surface area contributed by atoms with Crippen LogP contribution in [0.15, 0.2) is 35.7 Å². The molecular formula is C18H15F3N2O3S2. The second kappa shape index (κ2) is 7.69. The van der Waals surface area contributed by atoms with Gasteiger partial charge in [-0.05, 0) is 36.4 Å². The van der Waals surface area contributed by atoms with Gasteiger partial charge in [-0.3, -0.25) is 9.69 Å². The van der Waals surface area contributed by atoms with Gasteiger partial charge >= 0.3 is 6.36 Å². The molecule has 0 N–H and O–H groups in total.